The van der Waals surface area contributed by atoms with Crippen LogP contribution >= 0.6 is 0 Å². The summed E-state index contributed by atoms with van der Waals surface area (Å²) in [6, 6.07) is 3.15. The molecule has 1 atom stereocenters. The van der Waals surface area contributed by atoms with Gasteiger partial charge in [-0.3, -0.25) is 4.79 Å². The van der Waals surface area contributed by atoms with Crippen LogP contribution in [0.5, 0.6) is 0 Å². The highest BCUT2D eigenvalue weighted by Gasteiger charge is 2.32. The van der Waals surface area contributed by atoms with Crippen LogP contribution in [0, 0.1) is 0 Å². The second kappa shape index (κ2) is 5.78. The number of carbonyl (C=O) groups excluding carboxylic acids is 1. The zero-order valence-corrected chi connectivity index (χ0v) is 12.5. The van der Waals surface area contributed by atoms with Gasteiger partial charge in [-0.2, -0.15) is 0 Å². The summed E-state index contributed by atoms with van der Waals surface area (Å²) in [5, 5.41) is 3.11. The molecule has 110 valence electrons. The fourth-order valence-corrected chi connectivity index (χ4v) is 3.83. The standard InChI is InChI=1S/C13H19N3O3S/c1-3-14-11-4-5-12(15-8-11)13(17)16-6-7-20(18,19)9-10(16)2/h4-5,8,10,14H,3,6-7,9H2,1-2H3. The Balaban J connectivity index is 2.11. The number of carbonyl (C=O) groups is 1. The molecule has 1 aromatic heterocycles. The number of hydrogen-bond donors (Lipinski definition) is 1. The van der Waals surface area contributed by atoms with E-state index in [2.05, 4.69) is 10.3 Å². The summed E-state index contributed by atoms with van der Waals surface area (Å²) in [4.78, 5) is 18.1. The molecule has 0 spiro atoms. The number of hydrogen-bond acceptors (Lipinski definition) is 5. The monoisotopic (exact) mass is 297 g/mol. The molecule has 0 bridgehead atoms. The Hall–Kier alpha value is -1.63. The van der Waals surface area contributed by atoms with Gasteiger partial charge in [-0.1, -0.05) is 0 Å². The number of aromatic nitrogens is 1. The summed E-state index contributed by atoms with van der Waals surface area (Å²) in [7, 11) is -3.02. The predicted molar refractivity (Wildman–Crippen MR) is 77.6 cm³/mol. The van der Waals surface area contributed by atoms with Gasteiger partial charge in [0.25, 0.3) is 5.91 Å². The average molecular weight is 297 g/mol. The van der Waals surface area contributed by atoms with Crippen molar-refractivity contribution in [3.8, 4) is 0 Å². The van der Waals surface area contributed by atoms with Crippen molar-refractivity contribution in [1.29, 1.82) is 0 Å². The number of rotatable bonds is 3. The van der Waals surface area contributed by atoms with Gasteiger partial charge in [0, 0.05) is 19.1 Å². The molecule has 1 N–H and O–H groups in total. The van der Waals surface area contributed by atoms with Crippen LogP contribution in [0.25, 0.3) is 0 Å². The van der Waals surface area contributed by atoms with E-state index in [1.54, 1.807) is 30.2 Å². The highest BCUT2D eigenvalue weighted by atomic mass is 32.2. The van der Waals surface area contributed by atoms with Crippen LogP contribution in [-0.2, 0) is 9.84 Å². The highest BCUT2D eigenvalue weighted by molar-refractivity contribution is 7.91. The summed E-state index contributed by atoms with van der Waals surface area (Å²) < 4.78 is 23.0. The smallest absolute Gasteiger partial charge is 0.272 e. The maximum atomic E-state index is 12.3. The molecule has 1 aliphatic heterocycles. The van der Waals surface area contributed by atoms with Crippen molar-refractivity contribution < 1.29 is 13.2 Å². The second-order valence-corrected chi connectivity index (χ2v) is 7.15. The third-order valence-corrected chi connectivity index (χ3v) is 5.09. The summed E-state index contributed by atoms with van der Waals surface area (Å²) in [6.07, 6.45) is 1.61. The molecule has 1 aromatic rings. The fraction of sp³-hybridized carbons (Fsp3) is 0.538. The van der Waals surface area contributed by atoms with Crippen LogP contribution in [0.15, 0.2) is 18.3 Å². The first-order chi connectivity index (χ1) is 9.43. The van der Waals surface area contributed by atoms with E-state index in [0.717, 1.165) is 12.2 Å². The Morgan fingerprint density at radius 3 is 2.80 bits per heavy atom. The van der Waals surface area contributed by atoms with E-state index >= 15 is 0 Å². The lowest BCUT2D eigenvalue weighted by Gasteiger charge is -2.32. The van der Waals surface area contributed by atoms with E-state index in [9.17, 15) is 13.2 Å². The van der Waals surface area contributed by atoms with E-state index in [4.69, 9.17) is 0 Å². The molecule has 1 amide bonds. The predicted octanol–water partition coefficient (Wildman–Crippen LogP) is 0.772. The summed E-state index contributed by atoms with van der Waals surface area (Å²) in [5.41, 5.74) is 1.20. The maximum Gasteiger partial charge on any atom is 0.272 e. The van der Waals surface area contributed by atoms with E-state index in [1.807, 2.05) is 6.92 Å². The lowest BCUT2D eigenvalue weighted by molar-refractivity contribution is 0.0706. The molecule has 2 rings (SSSR count). The topological polar surface area (TPSA) is 79.4 Å². The fourth-order valence-electron chi connectivity index (χ4n) is 2.28. The van der Waals surface area contributed by atoms with Crippen LogP contribution < -0.4 is 5.32 Å². The third kappa shape index (κ3) is 3.27. The lowest BCUT2D eigenvalue weighted by Crippen LogP contribution is -2.49. The first-order valence-corrected chi connectivity index (χ1v) is 8.46. The normalized spacial score (nSPS) is 21.5. The van der Waals surface area contributed by atoms with Gasteiger partial charge in [0.05, 0.1) is 23.4 Å². The first-order valence-electron chi connectivity index (χ1n) is 6.64. The maximum absolute atomic E-state index is 12.3. The molecule has 2 heterocycles. The van der Waals surface area contributed by atoms with Crippen LogP contribution in [0.4, 0.5) is 5.69 Å². The van der Waals surface area contributed by atoms with Crippen molar-refractivity contribution in [2.45, 2.75) is 19.9 Å². The van der Waals surface area contributed by atoms with Crippen LogP contribution in [0.3, 0.4) is 0 Å². The van der Waals surface area contributed by atoms with Crippen LogP contribution in [0.2, 0.25) is 0 Å². The minimum Gasteiger partial charge on any atom is -0.384 e. The molecular weight excluding hydrogens is 278 g/mol. The second-order valence-electron chi connectivity index (χ2n) is 4.92. The zero-order chi connectivity index (χ0) is 14.8. The SMILES string of the molecule is CCNc1ccc(C(=O)N2CCS(=O)(=O)CC2C)nc1. The largest absolute Gasteiger partial charge is 0.384 e. The molecule has 0 radical (unpaired) electrons. The number of nitrogens with zero attached hydrogens (tertiary/aromatic N) is 2. The van der Waals surface area contributed by atoms with Crippen molar-refractivity contribution in [2.24, 2.45) is 0 Å². The number of nitrogens with one attached hydrogen (secondary N) is 1. The third-order valence-electron chi connectivity index (χ3n) is 3.29. The molecular formula is C13H19N3O3S. The van der Waals surface area contributed by atoms with Gasteiger partial charge in [-0.05, 0) is 26.0 Å². The van der Waals surface area contributed by atoms with Crippen molar-refractivity contribution in [1.82, 2.24) is 9.88 Å². The molecule has 1 unspecified atom stereocenters. The van der Waals surface area contributed by atoms with Gasteiger partial charge in [-0.15, -0.1) is 0 Å². The zero-order valence-electron chi connectivity index (χ0n) is 11.7. The summed E-state index contributed by atoms with van der Waals surface area (Å²) >= 11 is 0. The van der Waals surface area contributed by atoms with Gasteiger partial charge in [-0.25, -0.2) is 13.4 Å². The van der Waals surface area contributed by atoms with Gasteiger partial charge < -0.3 is 10.2 Å². The van der Waals surface area contributed by atoms with E-state index in [0.29, 0.717) is 5.69 Å². The number of pyridine rings is 1. The average Bonchev–Trinajstić information content (AvgIpc) is 2.38. The molecule has 1 saturated heterocycles. The number of amides is 1. The summed E-state index contributed by atoms with van der Waals surface area (Å²) in [5.74, 6) is -0.164. The Morgan fingerprint density at radius 1 is 1.50 bits per heavy atom. The van der Waals surface area contributed by atoms with E-state index < -0.39 is 9.84 Å². The van der Waals surface area contributed by atoms with Gasteiger partial charge in [0.1, 0.15) is 5.69 Å². The minimum absolute atomic E-state index is 0.0220. The molecule has 0 saturated carbocycles. The van der Waals surface area contributed by atoms with E-state index in [1.165, 1.54) is 0 Å². The Kier molecular flexibility index (Phi) is 4.27. The molecule has 0 aromatic carbocycles. The minimum atomic E-state index is -3.02. The molecule has 6 nitrogen and oxygen atoms in total. The Bertz CT molecular complexity index is 583. The molecule has 20 heavy (non-hydrogen) atoms. The number of sulfone groups is 1. The summed E-state index contributed by atoms with van der Waals surface area (Å²) in [6.45, 7) is 4.76. The lowest BCUT2D eigenvalue weighted by atomic mass is 10.2. The molecule has 1 fully saturated rings. The Labute approximate surface area is 119 Å². The van der Waals surface area contributed by atoms with Gasteiger partial charge in [0.2, 0.25) is 0 Å². The van der Waals surface area contributed by atoms with Gasteiger partial charge in [0.15, 0.2) is 9.84 Å². The van der Waals surface area contributed by atoms with Crippen molar-refractivity contribution in [3.63, 3.8) is 0 Å². The van der Waals surface area contributed by atoms with Crippen LogP contribution in [0.1, 0.15) is 24.3 Å². The Morgan fingerprint density at radius 2 is 2.25 bits per heavy atom. The van der Waals surface area contributed by atoms with Crippen molar-refractivity contribution >= 4 is 21.4 Å². The van der Waals surface area contributed by atoms with Crippen molar-refractivity contribution in [2.75, 3.05) is 29.9 Å². The highest BCUT2D eigenvalue weighted by Crippen LogP contribution is 2.15. The van der Waals surface area contributed by atoms with Crippen LogP contribution in [-0.4, -0.2) is 54.8 Å². The number of anilines is 1. The van der Waals surface area contributed by atoms with E-state index in [-0.39, 0.29) is 30.0 Å². The molecule has 1 aliphatic rings. The van der Waals surface area contributed by atoms with Gasteiger partial charge >= 0.3 is 0 Å². The quantitative estimate of drug-likeness (QED) is 0.891. The molecule has 0 aliphatic carbocycles. The van der Waals surface area contributed by atoms with Crippen molar-refractivity contribution in [3.05, 3.63) is 24.0 Å². The first kappa shape index (κ1) is 14.8. The molecule has 7 heteroatoms.